The van der Waals surface area contributed by atoms with Gasteiger partial charge in [0.05, 0.1) is 30.1 Å². The van der Waals surface area contributed by atoms with Crippen LogP contribution in [0.4, 0.5) is 10.1 Å². The van der Waals surface area contributed by atoms with Crippen molar-refractivity contribution in [3.63, 3.8) is 0 Å². The lowest BCUT2D eigenvalue weighted by molar-refractivity contribution is -0.0672. The van der Waals surface area contributed by atoms with Crippen LogP contribution in [0.25, 0.3) is 0 Å². The van der Waals surface area contributed by atoms with Gasteiger partial charge in [-0.05, 0) is 51.2 Å². The Balaban J connectivity index is 1.53. The molecule has 1 atom stereocenters. The van der Waals surface area contributed by atoms with Gasteiger partial charge in [0, 0.05) is 19.7 Å². The molecule has 0 aliphatic carbocycles. The van der Waals surface area contributed by atoms with Gasteiger partial charge in [-0.15, -0.1) is 0 Å². The van der Waals surface area contributed by atoms with Crippen LogP contribution in [0.15, 0.2) is 18.2 Å². The maximum absolute atomic E-state index is 14.0. The van der Waals surface area contributed by atoms with Crippen molar-refractivity contribution in [1.82, 2.24) is 0 Å². The Labute approximate surface area is 142 Å². The minimum atomic E-state index is -0.437. The first kappa shape index (κ1) is 17.4. The van der Waals surface area contributed by atoms with E-state index in [1.54, 1.807) is 6.07 Å². The summed E-state index contributed by atoms with van der Waals surface area (Å²) >= 11 is 0. The smallest absolute Gasteiger partial charge is 0.164 e. The summed E-state index contributed by atoms with van der Waals surface area (Å²) in [6.07, 6.45) is 5.71. The molecule has 2 saturated heterocycles. The van der Waals surface area contributed by atoms with Crippen molar-refractivity contribution in [3.8, 4) is 0 Å². The van der Waals surface area contributed by atoms with Gasteiger partial charge in [0.15, 0.2) is 5.78 Å². The van der Waals surface area contributed by atoms with Crippen LogP contribution in [0.5, 0.6) is 0 Å². The number of anilines is 1. The Hall–Kier alpha value is -1.46. The van der Waals surface area contributed by atoms with Crippen molar-refractivity contribution >= 4 is 11.5 Å². The van der Waals surface area contributed by atoms with E-state index in [2.05, 4.69) is 4.90 Å². The van der Waals surface area contributed by atoms with E-state index in [9.17, 15) is 9.18 Å². The number of carbonyl (C=O) groups excluding carboxylic acids is 1. The molecule has 4 nitrogen and oxygen atoms in total. The maximum Gasteiger partial charge on any atom is 0.164 e. The first-order chi connectivity index (χ1) is 11.6. The third-order valence-corrected chi connectivity index (χ3v) is 4.92. The fourth-order valence-corrected chi connectivity index (χ4v) is 3.57. The molecule has 132 valence electrons. The van der Waals surface area contributed by atoms with Crippen LogP contribution in [-0.2, 0) is 9.47 Å². The van der Waals surface area contributed by atoms with Crippen LogP contribution < -0.4 is 4.90 Å². The first-order valence-corrected chi connectivity index (χ1v) is 8.92. The Morgan fingerprint density at radius 3 is 2.75 bits per heavy atom. The molecule has 24 heavy (non-hydrogen) atoms. The van der Waals surface area contributed by atoms with Crippen LogP contribution in [0.2, 0.25) is 0 Å². The van der Waals surface area contributed by atoms with Gasteiger partial charge in [-0.2, -0.15) is 0 Å². The molecule has 3 rings (SSSR count). The van der Waals surface area contributed by atoms with Crippen molar-refractivity contribution in [2.24, 2.45) is 0 Å². The number of benzene rings is 1. The van der Waals surface area contributed by atoms with Gasteiger partial charge in [0.1, 0.15) is 5.82 Å². The van der Waals surface area contributed by atoms with Crippen LogP contribution in [0.1, 0.15) is 49.4 Å². The lowest BCUT2D eigenvalue weighted by atomic mass is 10.0. The highest BCUT2D eigenvalue weighted by atomic mass is 19.1. The molecule has 5 heteroatoms. The second-order valence-corrected chi connectivity index (χ2v) is 6.70. The number of ether oxygens (including phenoxy) is 2. The van der Waals surface area contributed by atoms with Crippen molar-refractivity contribution in [3.05, 3.63) is 29.6 Å². The van der Waals surface area contributed by atoms with Crippen molar-refractivity contribution in [2.75, 3.05) is 31.2 Å². The Bertz CT molecular complexity index is 564. The molecule has 0 saturated carbocycles. The number of Topliss-reactive ketones (excluding diaryl/α,β-unsaturated/α-hetero) is 1. The molecular formula is C19H26FNO3. The quantitative estimate of drug-likeness (QED) is 0.771. The topological polar surface area (TPSA) is 38.8 Å². The predicted molar refractivity (Wildman–Crippen MR) is 91.2 cm³/mol. The number of hydrogen-bond acceptors (Lipinski definition) is 4. The molecule has 2 heterocycles. The number of rotatable bonds is 5. The molecule has 2 aliphatic heterocycles. The van der Waals surface area contributed by atoms with Gasteiger partial charge in [0.25, 0.3) is 0 Å². The predicted octanol–water partition coefficient (Wildman–Crippen LogP) is 3.58. The molecule has 0 N–H and O–H groups in total. The van der Waals surface area contributed by atoms with Crippen molar-refractivity contribution < 1.29 is 18.7 Å². The standard InChI is InChI=1S/C19H26FNO3/c1-14(22)19-17(20)6-4-7-18(19)21-10-8-15(9-11-21)24-13-16-5-2-3-12-23-16/h4,6-7,15-16H,2-3,5,8-13H2,1H3. The first-order valence-electron chi connectivity index (χ1n) is 8.92. The number of halogens is 1. The third kappa shape index (κ3) is 4.14. The van der Waals surface area contributed by atoms with Crippen LogP contribution in [0, 0.1) is 5.82 Å². The van der Waals surface area contributed by atoms with Gasteiger partial charge in [0.2, 0.25) is 0 Å². The summed E-state index contributed by atoms with van der Waals surface area (Å²) in [6.45, 7) is 4.49. The second kappa shape index (κ2) is 8.08. The van der Waals surface area contributed by atoms with Gasteiger partial charge in [-0.25, -0.2) is 4.39 Å². The fourth-order valence-electron chi connectivity index (χ4n) is 3.57. The van der Waals surface area contributed by atoms with E-state index in [0.29, 0.717) is 12.3 Å². The van der Waals surface area contributed by atoms with E-state index in [1.807, 2.05) is 6.07 Å². The zero-order valence-corrected chi connectivity index (χ0v) is 14.3. The van der Waals surface area contributed by atoms with Crippen LogP contribution in [0.3, 0.4) is 0 Å². The van der Waals surface area contributed by atoms with Gasteiger partial charge in [-0.1, -0.05) is 6.07 Å². The number of carbonyl (C=O) groups is 1. The summed E-state index contributed by atoms with van der Waals surface area (Å²) in [5, 5.41) is 0. The molecule has 0 aromatic heterocycles. The number of hydrogen-bond donors (Lipinski definition) is 0. The monoisotopic (exact) mass is 335 g/mol. The third-order valence-electron chi connectivity index (χ3n) is 4.92. The Morgan fingerprint density at radius 2 is 2.08 bits per heavy atom. The normalized spacial score (nSPS) is 22.6. The highest BCUT2D eigenvalue weighted by Gasteiger charge is 2.25. The molecule has 0 amide bonds. The molecular weight excluding hydrogens is 309 g/mol. The summed E-state index contributed by atoms with van der Waals surface area (Å²) in [4.78, 5) is 13.9. The fraction of sp³-hybridized carbons (Fsp3) is 0.632. The number of piperidine rings is 1. The molecule has 0 spiro atoms. The van der Waals surface area contributed by atoms with E-state index in [-0.39, 0.29) is 23.6 Å². The van der Waals surface area contributed by atoms with Gasteiger partial charge >= 0.3 is 0 Å². The van der Waals surface area contributed by atoms with Crippen LogP contribution in [-0.4, -0.2) is 44.3 Å². The molecule has 1 aromatic rings. The largest absolute Gasteiger partial charge is 0.376 e. The minimum absolute atomic E-state index is 0.201. The summed E-state index contributed by atoms with van der Waals surface area (Å²) in [7, 11) is 0. The highest BCUT2D eigenvalue weighted by molar-refractivity contribution is 6.00. The van der Waals surface area contributed by atoms with Gasteiger partial charge < -0.3 is 14.4 Å². The summed E-state index contributed by atoms with van der Waals surface area (Å²) in [6, 6.07) is 4.84. The highest BCUT2D eigenvalue weighted by Crippen LogP contribution is 2.27. The van der Waals surface area contributed by atoms with E-state index >= 15 is 0 Å². The summed E-state index contributed by atoms with van der Waals surface area (Å²) in [5.41, 5.74) is 0.907. The molecule has 1 unspecified atom stereocenters. The SMILES string of the molecule is CC(=O)c1c(F)cccc1N1CCC(OCC2CCCCO2)CC1. The molecule has 2 fully saturated rings. The van der Waals surface area contributed by atoms with E-state index in [1.165, 1.54) is 19.4 Å². The Kier molecular flexibility index (Phi) is 5.85. The zero-order chi connectivity index (χ0) is 16.9. The lowest BCUT2D eigenvalue weighted by Gasteiger charge is -2.35. The molecule has 0 bridgehead atoms. The maximum atomic E-state index is 14.0. The number of ketones is 1. The average molecular weight is 335 g/mol. The molecule has 1 aromatic carbocycles. The van der Waals surface area contributed by atoms with E-state index < -0.39 is 5.82 Å². The van der Waals surface area contributed by atoms with E-state index in [0.717, 1.165) is 45.4 Å². The summed E-state index contributed by atoms with van der Waals surface area (Å²) in [5.74, 6) is -0.663. The van der Waals surface area contributed by atoms with Crippen molar-refractivity contribution in [2.45, 2.75) is 51.2 Å². The van der Waals surface area contributed by atoms with E-state index in [4.69, 9.17) is 9.47 Å². The van der Waals surface area contributed by atoms with Gasteiger partial charge in [-0.3, -0.25) is 4.79 Å². The zero-order valence-electron chi connectivity index (χ0n) is 14.3. The van der Waals surface area contributed by atoms with Crippen molar-refractivity contribution in [1.29, 1.82) is 0 Å². The molecule has 2 aliphatic rings. The minimum Gasteiger partial charge on any atom is -0.376 e. The lowest BCUT2D eigenvalue weighted by Crippen LogP contribution is -2.39. The average Bonchev–Trinajstić information content (AvgIpc) is 2.61. The van der Waals surface area contributed by atoms with Crippen LogP contribution >= 0.6 is 0 Å². The summed E-state index contributed by atoms with van der Waals surface area (Å²) < 4.78 is 25.7. The second-order valence-electron chi connectivity index (χ2n) is 6.70. The Morgan fingerprint density at radius 1 is 1.29 bits per heavy atom. The number of nitrogens with zero attached hydrogens (tertiary/aromatic N) is 1. The molecule has 0 radical (unpaired) electrons.